The summed E-state index contributed by atoms with van der Waals surface area (Å²) in [6, 6.07) is 0. The molecule has 4 nitrogen and oxygen atoms in total. The lowest BCUT2D eigenvalue weighted by molar-refractivity contribution is -0.117. The molecule has 0 fully saturated rings. The van der Waals surface area contributed by atoms with Gasteiger partial charge in [-0.2, -0.15) is 0 Å². The molecule has 4 heteroatoms. The summed E-state index contributed by atoms with van der Waals surface area (Å²) in [7, 11) is 0. The van der Waals surface area contributed by atoms with Crippen LogP contribution in [0.3, 0.4) is 0 Å². The number of alkyl carbamates (subject to hydrolysis) is 1. The smallest absolute Gasteiger partial charge is 0.407 e. The van der Waals surface area contributed by atoms with Crippen molar-refractivity contribution in [3.8, 4) is 0 Å². The molecule has 0 heterocycles. The van der Waals surface area contributed by atoms with Gasteiger partial charge in [0.25, 0.3) is 0 Å². The van der Waals surface area contributed by atoms with Crippen molar-refractivity contribution in [2.45, 2.75) is 149 Å². The quantitative estimate of drug-likeness (QED) is 0.178. The summed E-state index contributed by atoms with van der Waals surface area (Å²) in [5, 5.41) is 2.83. The van der Waals surface area contributed by atoms with E-state index in [1.54, 1.807) is 6.92 Å². The lowest BCUT2D eigenvalue weighted by Crippen LogP contribution is -2.28. The maximum Gasteiger partial charge on any atom is 0.407 e. The first kappa shape index (κ1) is 28.9. The molecular formula is C26H51NO3. The highest BCUT2D eigenvalue weighted by Gasteiger charge is 2.05. The summed E-state index contributed by atoms with van der Waals surface area (Å²) in [6.07, 6.45) is 23.6. The summed E-state index contributed by atoms with van der Waals surface area (Å²) in [4.78, 5) is 22.3. The van der Waals surface area contributed by atoms with Gasteiger partial charge in [0.1, 0.15) is 11.9 Å². The van der Waals surface area contributed by atoms with E-state index in [2.05, 4.69) is 5.32 Å². The molecule has 1 unspecified atom stereocenters. The highest BCUT2D eigenvalue weighted by atomic mass is 16.6. The molecule has 1 N–H and O–H groups in total. The monoisotopic (exact) mass is 425 g/mol. The minimum Gasteiger partial charge on any atom is -0.447 e. The Morgan fingerprint density at radius 1 is 0.667 bits per heavy atom. The average molecular weight is 426 g/mol. The first-order chi connectivity index (χ1) is 14.6. The molecule has 0 aliphatic heterocycles. The van der Waals surface area contributed by atoms with Crippen LogP contribution in [0, 0.1) is 0 Å². The first-order valence-corrected chi connectivity index (χ1v) is 13.0. The van der Waals surface area contributed by atoms with Gasteiger partial charge in [-0.3, -0.25) is 0 Å². The minimum absolute atomic E-state index is 0.00463. The Morgan fingerprint density at radius 2 is 1.03 bits per heavy atom. The van der Waals surface area contributed by atoms with Gasteiger partial charge in [0.2, 0.25) is 0 Å². The maximum absolute atomic E-state index is 11.5. The number of nitrogens with one attached hydrogen (secondary N) is 1. The minimum atomic E-state index is -0.273. The van der Waals surface area contributed by atoms with Gasteiger partial charge in [-0.25, -0.2) is 4.79 Å². The van der Waals surface area contributed by atoms with Crippen LogP contribution in [0.4, 0.5) is 4.79 Å². The van der Waals surface area contributed by atoms with Crippen LogP contribution in [0.2, 0.25) is 0 Å². The van der Waals surface area contributed by atoms with Gasteiger partial charge in [-0.1, -0.05) is 103 Å². The van der Waals surface area contributed by atoms with Crippen molar-refractivity contribution in [2.24, 2.45) is 0 Å². The van der Waals surface area contributed by atoms with Crippen LogP contribution in [0.15, 0.2) is 0 Å². The van der Waals surface area contributed by atoms with Crippen LogP contribution in [-0.2, 0) is 9.53 Å². The van der Waals surface area contributed by atoms with Crippen LogP contribution in [-0.4, -0.2) is 24.5 Å². The molecule has 30 heavy (non-hydrogen) atoms. The third kappa shape index (κ3) is 23.2. The summed E-state index contributed by atoms with van der Waals surface area (Å²) < 4.78 is 5.18. The second-order valence-corrected chi connectivity index (χ2v) is 9.01. The molecule has 0 aromatic heterocycles. The third-order valence-corrected chi connectivity index (χ3v) is 5.86. The molecule has 1 amide bonds. The number of carbonyl (C=O) groups excluding carboxylic acids is 2. The molecule has 0 aliphatic rings. The van der Waals surface area contributed by atoms with Crippen molar-refractivity contribution < 1.29 is 14.3 Å². The molecule has 0 saturated carbocycles. The summed E-state index contributed by atoms with van der Waals surface area (Å²) in [5.41, 5.74) is 0. The standard InChI is InChI=1S/C26H51NO3/c1-4-25(3)30-26(29)27-23-21-19-17-15-13-11-9-7-5-6-8-10-12-14-16-18-20-22-24(2)28/h25H,4-23H2,1-3H3,(H,27,29). The molecule has 0 bridgehead atoms. The number of rotatable bonds is 22. The lowest BCUT2D eigenvalue weighted by Gasteiger charge is -2.11. The van der Waals surface area contributed by atoms with Gasteiger partial charge < -0.3 is 14.8 Å². The number of hydrogen-bond acceptors (Lipinski definition) is 3. The topological polar surface area (TPSA) is 55.4 Å². The molecule has 0 aromatic rings. The van der Waals surface area contributed by atoms with Gasteiger partial charge in [0.15, 0.2) is 0 Å². The molecule has 1 atom stereocenters. The molecule has 178 valence electrons. The summed E-state index contributed by atoms with van der Waals surface area (Å²) in [5.74, 6) is 0.334. The molecule has 0 aliphatic carbocycles. The van der Waals surface area contributed by atoms with Crippen molar-refractivity contribution in [3.05, 3.63) is 0 Å². The number of amides is 1. The van der Waals surface area contributed by atoms with E-state index in [-0.39, 0.29) is 12.2 Å². The number of ketones is 1. The number of hydrogen-bond donors (Lipinski definition) is 1. The van der Waals surface area contributed by atoms with E-state index in [9.17, 15) is 9.59 Å². The first-order valence-electron chi connectivity index (χ1n) is 13.0. The van der Waals surface area contributed by atoms with Crippen LogP contribution in [0.25, 0.3) is 0 Å². The van der Waals surface area contributed by atoms with Crippen LogP contribution in [0.1, 0.15) is 143 Å². The van der Waals surface area contributed by atoms with Crippen LogP contribution in [0.5, 0.6) is 0 Å². The highest BCUT2D eigenvalue weighted by molar-refractivity contribution is 5.75. The predicted molar refractivity (Wildman–Crippen MR) is 128 cm³/mol. The zero-order chi connectivity index (χ0) is 22.3. The Bertz CT molecular complexity index is 398. The summed E-state index contributed by atoms with van der Waals surface area (Å²) >= 11 is 0. The molecule has 0 spiro atoms. The van der Waals surface area contributed by atoms with E-state index in [0.717, 1.165) is 32.2 Å². The average Bonchev–Trinajstić information content (AvgIpc) is 2.71. The molecule has 0 saturated heterocycles. The van der Waals surface area contributed by atoms with Crippen LogP contribution < -0.4 is 5.32 Å². The second kappa shape index (κ2) is 22.6. The third-order valence-electron chi connectivity index (χ3n) is 5.86. The Kier molecular flexibility index (Phi) is 21.8. The molecule has 0 radical (unpaired) electrons. The van der Waals surface area contributed by atoms with Gasteiger partial charge in [0, 0.05) is 13.0 Å². The fraction of sp³-hybridized carbons (Fsp3) is 0.923. The highest BCUT2D eigenvalue weighted by Crippen LogP contribution is 2.14. The molecular weight excluding hydrogens is 374 g/mol. The van der Waals surface area contributed by atoms with Crippen LogP contribution >= 0.6 is 0 Å². The predicted octanol–water partition coefficient (Wildman–Crippen LogP) is 8.12. The Hall–Kier alpha value is -1.06. The van der Waals surface area contributed by atoms with Gasteiger partial charge in [0.05, 0.1) is 0 Å². The number of carbonyl (C=O) groups is 2. The van der Waals surface area contributed by atoms with E-state index in [0.29, 0.717) is 5.78 Å². The van der Waals surface area contributed by atoms with Gasteiger partial charge >= 0.3 is 6.09 Å². The Balaban J connectivity index is 3.11. The van der Waals surface area contributed by atoms with E-state index in [4.69, 9.17) is 4.74 Å². The maximum atomic E-state index is 11.5. The van der Waals surface area contributed by atoms with E-state index >= 15 is 0 Å². The van der Waals surface area contributed by atoms with Gasteiger partial charge in [-0.05, 0) is 33.1 Å². The Morgan fingerprint density at radius 3 is 1.40 bits per heavy atom. The zero-order valence-electron chi connectivity index (χ0n) is 20.4. The SMILES string of the molecule is CCC(C)OC(=O)NCCCCCCCCCCCCCCCCCCCC(C)=O. The van der Waals surface area contributed by atoms with Crippen molar-refractivity contribution in [2.75, 3.05) is 6.54 Å². The summed E-state index contributed by atoms with van der Waals surface area (Å²) in [6.45, 7) is 6.36. The fourth-order valence-electron chi connectivity index (χ4n) is 3.65. The second-order valence-electron chi connectivity index (χ2n) is 9.01. The van der Waals surface area contributed by atoms with Crippen molar-refractivity contribution in [3.63, 3.8) is 0 Å². The van der Waals surface area contributed by atoms with E-state index in [1.807, 2.05) is 13.8 Å². The van der Waals surface area contributed by atoms with Gasteiger partial charge in [-0.15, -0.1) is 0 Å². The lowest BCUT2D eigenvalue weighted by atomic mass is 10.0. The van der Waals surface area contributed by atoms with E-state index in [1.165, 1.54) is 96.3 Å². The van der Waals surface area contributed by atoms with E-state index < -0.39 is 0 Å². The Labute approximate surface area is 187 Å². The zero-order valence-corrected chi connectivity index (χ0v) is 20.4. The van der Waals surface area contributed by atoms with Crippen molar-refractivity contribution >= 4 is 11.9 Å². The number of Topliss-reactive ketones (excluding diaryl/α,β-unsaturated/α-hetero) is 1. The van der Waals surface area contributed by atoms with Crippen molar-refractivity contribution in [1.82, 2.24) is 5.32 Å². The molecule has 0 aromatic carbocycles. The largest absolute Gasteiger partial charge is 0.447 e. The van der Waals surface area contributed by atoms with Crippen molar-refractivity contribution in [1.29, 1.82) is 0 Å². The number of ether oxygens (including phenoxy) is 1. The normalized spacial score (nSPS) is 12.0. The molecule has 0 rings (SSSR count). The fourth-order valence-corrected chi connectivity index (χ4v) is 3.65. The number of unbranched alkanes of at least 4 members (excludes halogenated alkanes) is 16.